The molecule has 0 saturated heterocycles. The van der Waals surface area contributed by atoms with Gasteiger partial charge in [-0.1, -0.05) is 13.8 Å². The number of carbonyl (C=O) groups is 2. The molecule has 0 radical (unpaired) electrons. The van der Waals surface area contributed by atoms with E-state index in [9.17, 15) is 9.59 Å². The minimum atomic E-state index is -0.937. The zero-order valence-corrected chi connectivity index (χ0v) is 14.7. The topological polar surface area (TPSA) is 93.4 Å². The summed E-state index contributed by atoms with van der Waals surface area (Å²) in [5.74, 6) is -0.295. The maximum Gasteiger partial charge on any atom is 0.240 e. The summed E-state index contributed by atoms with van der Waals surface area (Å²) in [4.78, 5) is 24.1. The molecule has 0 spiro atoms. The fourth-order valence-corrected chi connectivity index (χ4v) is 2.75. The summed E-state index contributed by atoms with van der Waals surface area (Å²) in [5.41, 5.74) is 4.65. The van der Waals surface area contributed by atoms with Gasteiger partial charge in [-0.2, -0.15) is 0 Å². The van der Waals surface area contributed by atoms with E-state index in [-0.39, 0.29) is 36.4 Å². The van der Waals surface area contributed by atoms with Gasteiger partial charge < -0.3 is 21.1 Å². The van der Waals surface area contributed by atoms with Crippen LogP contribution in [-0.2, 0) is 14.3 Å². The molecule has 0 heterocycles. The Bertz CT molecular complexity index is 429. The summed E-state index contributed by atoms with van der Waals surface area (Å²) < 4.78 is 5.61. The van der Waals surface area contributed by atoms with Crippen molar-refractivity contribution in [2.75, 3.05) is 13.2 Å². The Morgan fingerprint density at radius 1 is 1.32 bits per heavy atom. The standard InChI is InChI=1S/C16H31N3O3/c1-7-22-11-10-16(17,15(11,5)6)13(21)18-9-8-12(20)19-14(2,3)4/h11H,7-10,17H2,1-6H3,(H,18,21)(H,19,20). The molecule has 1 rings (SSSR count). The van der Waals surface area contributed by atoms with E-state index >= 15 is 0 Å². The van der Waals surface area contributed by atoms with Gasteiger partial charge in [0.2, 0.25) is 11.8 Å². The van der Waals surface area contributed by atoms with Crippen molar-refractivity contribution in [3.05, 3.63) is 0 Å². The molecule has 6 heteroatoms. The number of ether oxygens (including phenoxy) is 1. The Labute approximate surface area is 133 Å². The van der Waals surface area contributed by atoms with Gasteiger partial charge in [0.15, 0.2) is 0 Å². The summed E-state index contributed by atoms with van der Waals surface area (Å²) in [5, 5.41) is 5.64. The van der Waals surface area contributed by atoms with Crippen LogP contribution in [0.15, 0.2) is 0 Å². The summed E-state index contributed by atoms with van der Waals surface area (Å²) in [6.45, 7) is 12.5. The van der Waals surface area contributed by atoms with Gasteiger partial charge >= 0.3 is 0 Å². The van der Waals surface area contributed by atoms with Gasteiger partial charge in [0.25, 0.3) is 0 Å². The molecule has 128 valence electrons. The number of nitrogens with one attached hydrogen (secondary N) is 2. The Morgan fingerprint density at radius 3 is 2.36 bits per heavy atom. The molecule has 1 aliphatic carbocycles. The van der Waals surface area contributed by atoms with Crippen LogP contribution >= 0.6 is 0 Å². The molecular formula is C16H31N3O3. The Morgan fingerprint density at radius 2 is 1.91 bits per heavy atom. The summed E-state index contributed by atoms with van der Waals surface area (Å²) in [6, 6.07) is 0. The molecular weight excluding hydrogens is 282 g/mol. The van der Waals surface area contributed by atoms with Gasteiger partial charge in [-0.3, -0.25) is 9.59 Å². The third kappa shape index (κ3) is 3.98. The Balaban J connectivity index is 2.45. The molecule has 0 aromatic carbocycles. The first-order chi connectivity index (χ1) is 9.94. The predicted octanol–water partition coefficient (Wildman–Crippen LogP) is 0.940. The van der Waals surface area contributed by atoms with Crippen LogP contribution in [0.5, 0.6) is 0 Å². The van der Waals surface area contributed by atoms with E-state index in [2.05, 4.69) is 10.6 Å². The van der Waals surface area contributed by atoms with E-state index in [1.807, 2.05) is 41.5 Å². The van der Waals surface area contributed by atoms with Crippen LogP contribution in [0, 0.1) is 5.41 Å². The van der Waals surface area contributed by atoms with Crippen molar-refractivity contribution in [2.45, 2.75) is 71.6 Å². The van der Waals surface area contributed by atoms with Crippen molar-refractivity contribution < 1.29 is 14.3 Å². The van der Waals surface area contributed by atoms with Gasteiger partial charge in [0.1, 0.15) is 5.54 Å². The molecule has 2 amide bonds. The van der Waals surface area contributed by atoms with Crippen LogP contribution in [0.25, 0.3) is 0 Å². The van der Waals surface area contributed by atoms with Crippen LogP contribution in [0.3, 0.4) is 0 Å². The first-order valence-corrected chi connectivity index (χ1v) is 7.94. The third-order valence-electron chi connectivity index (χ3n) is 4.39. The minimum Gasteiger partial charge on any atom is -0.378 e. The quantitative estimate of drug-likeness (QED) is 0.680. The molecule has 1 fully saturated rings. The summed E-state index contributed by atoms with van der Waals surface area (Å²) >= 11 is 0. The minimum absolute atomic E-state index is 0.00237. The molecule has 0 aliphatic heterocycles. The molecule has 2 unspecified atom stereocenters. The lowest BCUT2D eigenvalue weighted by Crippen LogP contribution is -2.75. The number of hydrogen-bond donors (Lipinski definition) is 3. The maximum atomic E-state index is 12.4. The number of rotatable bonds is 6. The third-order valence-corrected chi connectivity index (χ3v) is 4.39. The number of hydrogen-bond acceptors (Lipinski definition) is 4. The highest BCUT2D eigenvalue weighted by atomic mass is 16.5. The highest BCUT2D eigenvalue weighted by molar-refractivity contribution is 5.89. The Hall–Kier alpha value is -1.14. The predicted molar refractivity (Wildman–Crippen MR) is 86.3 cm³/mol. The van der Waals surface area contributed by atoms with Gasteiger partial charge in [-0.15, -0.1) is 0 Å². The number of nitrogens with two attached hydrogens (primary N) is 1. The first kappa shape index (κ1) is 18.9. The van der Waals surface area contributed by atoms with E-state index in [1.165, 1.54) is 0 Å². The zero-order chi connectivity index (χ0) is 17.2. The second-order valence-electron chi connectivity index (χ2n) is 7.65. The fraction of sp³-hybridized carbons (Fsp3) is 0.875. The van der Waals surface area contributed by atoms with E-state index in [4.69, 9.17) is 10.5 Å². The highest BCUT2D eigenvalue weighted by Gasteiger charge is 2.62. The van der Waals surface area contributed by atoms with E-state index in [0.29, 0.717) is 13.0 Å². The van der Waals surface area contributed by atoms with Crippen molar-refractivity contribution >= 4 is 11.8 Å². The second kappa shape index (κ2) is 6.54. The number of amides is 2. The molecule has 0 aromatic rings. The zero-order valence-electron chi connectivity index (χ0n) is 14.7. The van der Waals surface area contributed by atoms with Gasteiger partial charge in [0.05, 0.1) is 6.10 Å². The van der Waals surface area contributed by atoms with E-state index < -0.39 is 11.0 Å². The summed E-state index contributed by atoms with van der Waals surface area (Å²) in [7, 11) is 0. The van der Waals surface area contributed by atoms with Crippen LogP contribution < -0.4 is 16.4 Å². The van der Waals surface area contributed by atoms with Crippen molar-refractivity contribution in [2.24, 2.45) is 11.1 Å². The largest absolute Gasteiger partial charge is 0.378 e. The monoisotopic (exact) mass is 313 g/mol. The van der Waals surface area contributed by atoms with Crippen molar-refractivity contribution in [1.82, 2.24) is 10.6 Å². The lowest BCUT2D eigenvalue weighted by atomic mass is 9.54. The van der Waals surface area contributed by atoms with Crippen molar-refractivity contribution in [1.29, 1.82) is 0 Å². The molecule has 6 nitrogen and oxygen atoms in total. The molecule has 0 aromatic heterocycles. The lowest BCUT2D eigenvalue weighted by molar-refractivity contribution is -0.170. The van der Waals surface area contributed by atoms with Crippen LogP contribution in [0.1, 0.15) is 54.4 Å². The molecule has 0 bridgehead atoms. The van der Waals surface area contributed by atoms with Crippen LogP contribution in [0.2, 0.25) is 0 Å². The highest BCUT2D eigenvalue weighted by Crippen LogP contribution is 2.49. The first-order valence-electron chi connectivity index (χ1n) is 7.94. The Kier molecular flexibility index (Phi) is 5.62. The van der Waals surface area contributed by atoms with Gasteiger partial charge in [-0.25, -0.2) is 0 Å². The maximum absolute atomic E-state index is 12.4. The molecule has 2 atom stereocenters. The van der Waals surface area contributed by atoms with Gasteiger partial charge in [-0.05, 0) is 27.7 Å². The fourth-order valence-electron chi connectivity index (χ4n) is 2.75. The van der Waals surface area contributed by atoms with Crippen LogP contribution in [-0.4, -0.2) is 42.1 Å². The van der Waals surface area contributed by atoms with E-state index in [1.54, 1.807) is 0 Å². The normalized spacial score (nSPS) is 27.0. The molecule has 4 N–H and O–H groups in total. The van der Waals surface area contributed by atoms with Crippen molar-refractivity contribution in [3.63, 3.8) is 0 Å². The molecule has 1 aliphatic rings. The molecule has 22 heavy (non-hydrogen) atoms. The summed E-state index contributed by atoms with van der Waals surface area (Å²) in [6.07, 6.45) is 0.750. The van der Waals surface area contributed by atoms with Gasteiger partial charge in [0, 0.05) is 36.9 Å². The van der Waals surface area contributed by atoms with E-state index in [0.717, 1.165) is 0 Å². The number of carbonyl (C=O) groups excluding carboxylic acids is 2. The SMILES string of the molecule is CCOC1CC(N)(C(=O)NCCC(=O)NC(C)(C)C)C1(C)C. The lowest BCUT2D eigenvalue weighted by Gasteiger charge is -2.57. The smallest absolute Gasteiger partial charge is 0.240 e. The van der Waals surface area contributed by atoms with Crippen LogP contribution in [0.4, 0.5) is 0 Å². The average molecular weight is 313 g/mol. The average Bonchev–Trinajstić information content (AvgIpc) is 2.35. The molecule has 1 saturated carbocycles. The second-order valence-corrected chi connectivity index (χ2v) is 7.65. The van der Waals surface area contributed by atoms with Crippen molar-refractivity contribution in [3.8, 4) is 0 Å².